The molecule has 2 aromatic carbocycles. The van der Waals surface area contributed by atoms with Crippen LogP contribution in [0.25, 0.3) is 6.08 Å². The Morgan fingerprint density at radius 1 is 1.24 bits per heavy atom. The second-order valence-corrected chi connectivity index (χ2v) is 4.40. The van der Waals surface area contributed by atoms with E-state index in [-0.39, 0.29) is 0 Å². The van der Waals surface area contributed by atoms with Crippen molar-refractivity contribution >= 4 is 12.0 Å². The average Bonchev–Trinajstić information content (AvgIpc) is 2.48. The van der Waals surface area contributed by atoms with Crippen molar-refractivity contribution in [1.82, 2.24) is 0 Å². The maximum absolute atomic E-state index is 10.6. The summed E-state index contributed by atoms with van der Waals surface area (Å²) in [6, 6.07) is 14.4. The monoisotopic (exact) mass is 279 g/mol. The number of rotatable bonds is 4. The Hall–Kier alpha value is -3.06. The largest absolute Gasteiger partial charge is 0.478 e. The molecule has 0 aromatic heterocycles. The van der Waals surface area contributed by atoms with Crippen LogP contribution in [0.4, 0.5) is 0 Å². The van der Waals surface area contributed by atoms with E-state index in [2.05, 4.69) is 6.07 Å². The first-order chi connectivity index (χ1) is 10.1. The topological polar surface area (TPSA) is 70.3 Å². The van der Waals surface area contributed by atoms with E-state index in [1.54, 1.807) is 36.4 Å². The van der Waals surface area contributed by atoms with Crippen LogP contribution < -0.4 is 4.74 Å². The van der Waals surface area contributed by atoms with Crippen LogP contribution in [0.2, 0.25) is 0 Å². The Morgan fingerprint density at radius 3 is 2.71 bits per heavy atom. The highest BCUT2D eigenvalue weighted by Gasteiger charge is 2.06. The molecule has 104 valence electrons. The third kappa shape index (κ3) is 3.71. The normalized spacial score (nSPS) is 10.3. The molecule has 4 heteroatoms. The molecule has 0 radical (unpaired) electrons. The number of nitrogens with zero attached hydrogens (tertiary/aromatic N) is 1. The highest BCUT2D eigenvalue weighted by Crippen LogP contribution is 2.29. The molecule has 0 saturated carbocycles. The van der Waals surface area contributed by atoms with Gasteiger partial charge in [-0.3, -0.25) is 0 Å². The van der Waals surface area contributed by atoms with Crippen LogP contribution in [-0.4, -0.2) is 11.1 Å². The van der Waals surface area contributed by atoms with Crippen molar-refractivity contribution in [3.8, 4) is 17.6 Å². The molecule has 4 nitrogen and oxygen atoms in total. The predicted molar refractivity (Wildman–Crippen MR) is 79.1 cm³/mol. The van der Waals surface area contributed by atoms with Crippen LogP contribution in [0.3, 0.4) is 0 Å². The van der Waals surface area contributed by atoms with Gasteiger partial charge in [0.15, 0.2) is 0 Å². The number of hydrogen-bond donors (Lipinski definition) is 1. The lowest BCUT2D eigenvalue weighted by atomic mass is 10.1. The van der Waals surface area contributed by atoms with Crippen LogP contribution in [0, 0.1) is 18.3 Å². The molecule has 0 unspecified atom stereocenters. The standard InChI is InChI=1S/C17H13NO3/c1-12-6-7-13(11-18)10-16(12)21-15-5-3-2-4-14(15)8-9-17(19)20/h2-10H,1H3,(H,19,20)/b9-8+. The third-order valence-corrected chi connectivity index (χ3v) is 2.86. The fraction of sp³-hybridized carbons (Fsp3) is 0.0588. The first-order valence-electron chi connectivity index (χ1n) is 6.29. The molecule has 0 heterocycles. The Bertz CT molecular complexity index is 742. The van der Waals surface area contributed by atoms with Gasteiger partial charge < -0.3 is 9.84 Å². The van der Waals surface area contributed by atoms with Gasteiger partial charge in [0.2, 0.25) is 0 Å². The van der Waals surface area contributed by atoms with Gasteiger partial charge >= 0.3 is 5.97 Å². The summed E-state index contributed by atoms with van der Waals surface area (Å²) in [7, 11) is 0. The Balaban J connectivity index is 2.36. The molecule has 0 spiro atoms. The maximum Gasteiger partial charge on any atom is 0.328 e. The van der Waals surface area contributed by atoms with Crippen molar-refractivity contribution in [1.29, 1.82) is 5.26 Å². The van der Waals surface area contributed by atoms with Crippen LogP contribution in [0.1, 0.15) is 16.7 Å². The smallest absolute Gasteiger partial charge is 0.328 e. The van der Waals surface area contributed by atoms with Crippen molar-refractivity contribution in [3.05, 3.63) is 65.2 Å². The van der Waals surface area contributed by atoms with E-state index in [1.165, 1.54) is 6.08 Å². The van der Waals surface area contributed by atoms with Crippen molar-refractivity contribution < 1.29 is 14.6 Å². The summed E-state index contributed by atoms with van der Waals surface area (Å²) in [5, 5.41) is 17.6. The van der Waals surface area contributed by atoms with Gasteiger partial charge in [-0.15, -0.1) is 0 Å². The summed E-state index contributed by atoms with van der Waals surface area (Å²) < 4.78 is 5.82. The van der Waals surface area contributed by atoms with E-state index in [1.807, 2.05) is 13.0 Å². The molecule has 0 aliphatic carbocycles. The van der Waals surface area contributed by atoms with E-state index in [9.17, 15) is 4.79 Å². The zero-order chi connectivity index (χ0) is 15.2. The van der Waals surface area contributed by atoms with Crippen molar-refractivity contribution in [2.24, 2.45) is 0 Å². The molecule has 0 aliphatic heterocycles. The fourth-order valence-electron chi connectivity index (χ4n) is 1.77. The molecule has 2 rings (SSSR count). The number of nitriles is 1. The molecule has 0 aliphatic rings. The highest BCUT2D eigenvalue weighted by molar-refractivity contribution is 5.85. The van der Waals surface area contributed by atoms with Gasteiger partial charge in [0, 0.05) is 11.6 Å². The van der Waals surface area contributed by atoms with Gasteiger partial charge in [-0.2, -0.15) is 5.26 Å². The Kier molecular flexibility index (Phi) is 4.37. The number of aliphatic carboxylic acids is 1. The van der Waals surface area contributed by atoms with Gasteiger partial charge in [-0.25, -0.2) is 4.79 Å². The second kappa shape index (κ2) is 6.40. The lowest BCUT2D eigenvalue weighted by Gasteiger charge is -2.11. The van der Waals surface area contributed by atoms with Crippen LogP contribution in [0.5, 0.6) is 11.5 Å². The van der Waals surface area contributed by atoms with Crippen LogP contribution in [-0.2, 0) is 4.79 Å². The zero-order valence-corrected chi connectivity index (χ0v) is 11.4. The molecular formula is C17H13NO3. The number of para-hydroxylation sites is 1. The second-order valence-electron chi connectivity index (χ2n) is 4.40. The lowest BCUT2D eigenvalue weighted by molar-refractivity contribution is -0.131. The van der Waals surface area contributed by atoms with E-state index < -0.39 is 5.97 Å². The van der Waals surface area contributed by atoms with Gasteiger partial charge in [-0.1, -0.05) is 24.3 Å². The van der Waals surface area contributed by atoms with Crippen molar-refractivity contribution in [2.45, 2.75) is 6.92 Å². The Morgan fingerprint density at radius 2 is 2.00 bits per heavy atom. The minimum Gasteiger partial charge on any atom is -0.478 e. The van der Waals surface area contributed by atoms with Gasteiger partial charge in [-0.05, 0) is 36.8 Å². The molecule has 1 N–H and O–H groups in total. The van der Waals surface area contributed by atoms with E-state index in [0.29, 0.717) is 22.6 Å². The number of carbonyl (C=O) groups is 1. The van der Waals surface area contributed by atoms with Crippen molar-refractivity contribution in [3.63, 3.8) is 0 Å². The summed E-state index contributed by atoms with van der Waals surface area (Å²) in [5.41, 5.74) is 2.06. The van der Waals surface area contributed by atoms with Gasteiger partial charge in [0.05, 0.1) is 11.6 Å². The summed E-state index contributed by atoms with van der Waals surface area (Å²) in [6.07, 6.45) is 2.53. The number of hydrogen-bond acceptors (Lipinski definition) is 3. The molecule has 0 bridgehead atoms. The van der Waals surface area contributed by atoms with E-state index in [0.717, 1.165) is 11.6 Å². The van der Waals surface area contributed by atoms with Crippen molar-refractivity contribution in [2.75, 3.05) is 0 Å². The van der Waals surface area contributed by atoms with Crippen LogP contribution >= 0.6 is 0 Å². The lowest BCUT2D eigenvalue weighted by Crippen LogP contribution is -1.92. The minimum atomic E-state index is -1.02. The first kappa shape index (κ1) is 14.4. The van der Waals surface area contributed by atoms with E-state index >= 15 is 0 Å². The van der Waals surface area contributed by atoms with E-state index in [4.69, 9.17) is 15.1 Å². The number of benzene rings is 2. The summed E-state index contributed by atoms with van der Waals surface area (Å²) in [6.45, 7) is 1.88. The maximum atomic E-state index is 10.6. The predicted octanol–water partition coefficient (Wildman–Crippen LogP) is 3.76. The summed E-state index contributed by atoms with van der Waals surface area (Å²) >= 11 is 0. The molecule has 0 saturated heterocycles. The summed E-state index contributed by atoms with van der Waals surface area (Å²) in [5.74, 6) is 0.0888. The van der Waals surface area contributed by atoms with Gasteiger partial charge in [0.25, 0.3) is 0 Å². The fourth-order valence-corrected chi connectivity index (χ4v) is 1.77. The summed E-state index contributed by atoms with van der Waals surface area (Å²) in [4.78, 5) is 10.6. The third-order valence-electron chi connectivity index (χ3n) is 2.86. The molecule has 0 atom stereocenters. The molecular weight excluding hydrogens is 266 g/mol. The number of ether oxygens (including phenoxy) is 1. The minimum absolute atomic E-state index is 0.508. The number of carboxylic acid groups (broad SMARTS) is 1. The SMILES string of the molecule is Cc1ccc(C#N)cc1Oc1ccccc1/C=C/C(=O)O. The molecule has 2 aromatic rings. The quantitative estimate of drug-likeness (QED) is 0.865. The Labute approximate surface area is 122 Å². The number of carboxylic acids is 1. The highest BCUT2D eigenvalue weighted by atomic mass is 16.5. The number of aryl methyl sites for hydroxylation is 1. The molecule has 0 amide bonds. The first-order valence-corrected chi connectivity index (χ1v) is 6.29. The van der Waals surface area contributed by atoms with Crippen LogP contribution in [0.15, 0.2) is 48.5 Å². The van der Waals surface area contributed by atoms with Gasteiger partial charge in [0.1, 0.15) is 11.5 Å². The average molecular weight is 279 g/mol. The molecule has 0 fully saturated rings. The zero-order valence-electron chi connectivity index (χ0n) is 11.4. The molecule has 21 heavy (non-hydrogen) atoms.